The van der Waals surface area contributed by atoms with Crippen molar-refractivity contribution in [2.75, 3.05) is 47.6 Å². The summed E-state index contributed by atoms with van der Waals surface area (Å²) < 4.78 is 15.7. The van der Waals surface area contributed by atoms with E-state index in [0.29, 0.717) is 24.5 Å². The normalized spacial score (nSPS) is 24.0. The van der Waals surface area contributed by atoms with Crippen LogP contribution in [0.2, 0.25) is 0 Å². The number of benzene rings is 1. The summed E-state index contributed by atoms with van der Waals surface area (Å²) in [6.45, 7) is 1.52. The number of carbonyl (C=O) groups is 3. The van der Waals surface area contributed by atoms with E-state index >= 15 is 0 Å². The van der Waals surface area contributed by atoms with Crippen molar-refractivity contribution < 1.29 is 28.6 Å². The molecule has 1 aromatic carbocycles. The Morgan fingerprint density at radius 1 is 1.16 bits per heavy atom. The van der Waals surface area contributed by atoms with Crippen LogP contribution in [0.25, 0.3) is 0 Å². The molecule has 31 heavy (non-hydrogen) atoms. The van der Waals surface area contributed by atoms with Crippen LogP contribution in [0.15, 0.2) is 24.3 Å². The average Bonchev–Trinajstić information content (AvgIpc) is 3.02. The first kappa shape index (κ1) is 23.2. The minimum absolute atomic E-state index is 0.00888. The Bertz CT molecular complexity index is 811. The van der Waals surface area contributed by atoms with Crippen LogP contribution in [0, 0.1) is 0 Å². The van der Waals surface area contributed by atoms with Crippen LogP contribution in [0.5, 0.6) is 5.75 Å². The van der Waals surface area contributed by atoms with Gasteiger partial charge in [-0.05, 0) is 37.0 Å². The monoisotopic (exact) mass is 432 g/mol. The topological polar surface area (TPSA) is 85.4 Å². The van der Waals surface area contributed by atoms with E-state index in [4.69, 9.17) is 14.2 Å². The third-order valence-corrected chi connectivity index (χ3v) is 6.31. The van der Waals surface area contributed by atoms with Crippen molar-refractivity contribution in [3.8, 4) is 5.75 Å². The molecule has 2 unspecified atom stereocenters. The number of methoxy groups -OCH3 is 3. The molecule has 2 saturated heterocycles. The van der Waals surface area contributed by atoms with Crippen molar-refractivity contribution >= 4 is 17.7 Å². The summed E-state index contributed by atoms with van der Waals surface area (Å²) in [6.07, 6.45) is 2.73. The molecule has 0 radical (unpaired) electrons. The minimum Gasteiger partial charge on any atom is -0.497 e. The van der Waals surface area contributed by atoms with Gasteiger partial charge in [-0.25, -0.2) is 0 Å². The van der Waals surface area contributed by atoms with E-state index < -0.39 is 5.41 Å². The Labute approximate surface area is 183 Å². The molecule has 2 atom stereocenters. The first-order chi connectivity index (χ1) is 15.0. The van der Waals surface area contributed by atoms with Crippen molar-refractivity contribution in [3.63, 3.8) is 0 Å². The van der Waals surface area contributed by atoms with Crippen LogP contribution in [-0.4, -0.2) is 81.2 Å². The standard InChI is InChI=1S/C23H32N2O6/c1-29-12-11-25-21(27)15-23(22(25)28,17-7-6-9-19(13-17)31-3)14-20(26)24-10-5-4-8-18(24)16-30-2/h6-7,9,13,18H,4-5,8,10-12,14-16H2,1-3H3. The number of carbonyl (C=O) groups excluding carboxylic acids is 3. The molecule has 0 bridgehead atoms. The molecule has 0 N–H and O–H groups in total. The Balaban J connectivity index is 1.96. The number of imide groups is 1. The fraction of sp³-hybridized carbons (Fsp3) is 0.609. The van der Waals surface area contributed by atoms with E-state index in [9.17, 15) is 14.4 Å². The highest BCUT2D eigenvalue weighted by Gasteiger charge is 2.54. The highest BCUT2D eigenvalue weighted by atomic mass is 16.5. The van der Waals surface area contributed by atoms with Crippen molar-refractivity contribution in [3.05, 3.63) is 29.8 Å². The minimum atomic E-state index is -1.24. The third-order valence-electron chi connectivity index (χ3n) is 6.31. The van der Waals surface area contributed by atoms with Gasteiger partial charge in [-0.3, -0.25) is 19.3 Å². The summed E-state index contributed by atoms with van der Waals surface area (Å²) in [5.41, 5.74) is -0.621. The summed E-state index contributed by atoms with van der Waals surface area (Å²) in [6, 6.07) is 7.10. The van der Waals surface area contributed by atoms with Gasteiger partial charge in [0.25, 0.3) is 0 Å². The van der Waals surface area contributed by atoms with Gasteiger partial charge in [-0.2, -0.15) is 0 Å². The summed E-state index contributed by atoms with van der Waals surface area (Å²) in [5, 5.41) is 0. The average molecular weight is 433 g/mol. The summed E-state index contributed by atoms with van der Waals surface area (Å²) >= 11 is 0. The molecule has 0 saturated carbocycles. The predicted molar refractivity (Wildman–Crippen MR) is 114 cm³/mol. The number of likely N-dealkylation sites (tertiary alicyclic amines) is 2. The maximum absolute atomic E-state index is 13.6. The van der Waals surface area contributed by atoms with Gasteiger partial charge in [0.15, 0.2) is 0 Å². The van der Waals surface area contributed by atoms with Crippen molar-refractivity contribution in [2.24, 2.45) is 0 Å². The SMILES string of the molecule is COCCN1C(=O)CC(CC(=O)N2CCCCC2COC)(c2cccc(OC)c2)C1=O. The largest absolute Gasteiger partial charge is 0.497 e. The van der Waals surface area contributed by atoms with E-state index in [-0.39, 0.29) is 49.8 Å². The Hall–Kier alpha value is -2.45. The van der Waals surface area contributed by atoms with E-state index in [1.54, 1.807) is 38.5 Å². The molecule has 2 aliphatic rings. The third kappa shape index (κ3) is 4.75. The lowest BCUT2D eigenvalue weighted by atomic mass is 9.75. The van der Waals surface area contributed by atoms with Gasteiger partial charge < -0.3 is 19.1 Å². The number of rotatable bonds is 9. The lowest BCUT2D eigenvalue weighted by Gasteiger charge is -2.37. The zero-order valence-corrected chi connectivity index (χ0v) is 18.6. The quantitative estimate of drug-likeness (QED) is 0.553. The molecule has 3 rings (SSSR count). The van der Waals surface area contributed by atoms with Gasteiger partial charge in [0.2, 0.25) is 17.7 Å². The van der Waals surface area contributed by atoms with Crippen LogP contribution in [0.3, 0.4) is 0 Å². The highest BCUT2D eigenvalue weighted by molar-refractivity contribution is 6.10. The summed E-state index contributed by atoms with van der Waals surface area (Å²) in [7, 11) is 4.70. The molecule has 0 spiro atoms. The molecule has 2 heterocycles. The Kier molecular flexibility index (Phi) is 7.67. The Morgan fingerprint density at radius 3 is 2.68 bits per heavy atom. The number of hydrogen-bond acceptors (Lipinski definition) is 6. The maximum atomic E-state index is 13.6. The smallest absolute Gasteiger partial charge is 0.240 e. The van der Waals surface area contributed by atoms with Crippen LogP contribution >= 0.6 is 0 Å². The molecule has 8 heteroatoms. The molecule has 8 nitrogen and oxygen atoms in total. The van der Waals surface area contributed by atoms with Gasteiger partial charge in [-0.1, -0.05) is 12.1 Å². The number of amides is 3. The fourth-order valence-electron chi connectivity index (χ4n) is 4.65. The lowest BCUT2D eigenvalue weighted by molar-refractivity contribution is -0.144. The first-order valence-electron chi connectivity index (χ1n) is 10.7. The van der Waals surface area contributed by atoms with Crippen LogP contribution in [0.1, 0.15) is 37.7 Å². The second kappa shape index (κ2) is 10.2. The first-order valence-corrected chi connectivity index (χ1v) is 10.7. The van der Waals surface area contributed by atoms with Crippen molar-refractivity contribution in [1.82, 2.24) is 9.80 Å². The summed E-state index contributed by atoms with van der Waals surface area (Å²) in [4.78, 5) is 42.9. The predicted octanol–water partition coefficient (Wildman–Crippen LogP) is 1.76. The fourth-order valence-corrected chi connectivity index (χ4v) is 4.65. The van der Waals surface area contributed by atoms with Crippen LogP contribution in [0.4, 0.5) is 0 Å². The molecule has 2 aliphatic heterocycles. The number of hydrogen-bond donors (Lipinski definition) is 0. The van der Waals surface area contributed by atoms with Crippen molar-refractivity contribution in [2.45, 2.75) is 43.6 Å². The second-order valence-corrected chi connectivity index (χ2v) is 8.20. The van der Waals surface area contributed by atoms with Gasteiger partial charge in [0.1, 0.15) is 5.75 Å². The molecule has 2 fully saturated rings. The zero-order valence-electron chi connectivity index (χ0n) is 18.6. The molecule has 1 aromatic rings. The highest BCUT2D eigenvalue weighted by Crippen LogP contribution is 2.41. The van der Waals surface area contributed by atoms with E-state index in [1.807, 2.05) is 4.90 Å². The summed E-state index contributed by atoms with van der Waals surface area (Å²) in [5.74, 6) is -0.185. The van der Waals surface area contributed by atoms with Gasteiger partial charge >= 0.3 is 0 Å². The number of piperidine rings is 1. The van der Waals surface area contributed by atoms with E-state index in [2.05, 4.69) is 0 Å². The van der Waals surface area contributed by atoms with E-state index in [0.717, 1.165) is 19.3 Å². The molecular formula is C23H32N2O6. The molecule has 0 aromatic heterocycles. The number of nitrogens with zero attached hydrogens (tertiary/aromatic N) is 2. The van der Waals surface area contributed by atoms with Crippen LogP contribution < -0.4 is 4.74 Å². The molecular weight excluding hydrogens is 400 g/mol. The van der Waals surface area contributed by atoms with Gasteiger partial charge in [0, 0.05) is 33.6 Å². The second-order valence-electron chi connectivity index (χ2n) is 8.20. The number of ether oxygens (including phenoxy) is 3. The van der Waals surface area contributed by atoms with Gasteiger partial charge in [0.05, 0.1) is 38.3 Å². The zero-order chi connectivity index (χ0) is 22.4. The lowest BCUT2D eigenvalue weighted by Crippen LogP contribution is -2.49. The molecule has 170 valence electrons. The molecule has 0 aliphatic carbocycles. The molecule has 3 amide bonds. The van der Waals surface area contributed by atoms with E-state index in [1.165, 1.54) is 12.0 Å². The van der Waals surface area contributed by atoms with Crippen molar-refractivity contribution in [1.29, 1.82) is 0 Å². The Morgan fingerprint density at radius 2 is 1.97 bits per heavy atom. The van der Waals surface area contributed by atoms with Gasteiger partial charge in [-0.15, -0.1) is 0 Å². The van der Waals surface area contributed by atoms with Crippen LogP contribution in [-0.2, 0) is 29.3 Å². The maximum Gasteiger partial charge on any atom is 0.240 e.